The molecule has 2 aliphatic carbocycles. The van der Waals surface area contributed by atoms with Crippen LogP contribution in [0.1, 0.15) is 43.3 Å². The largest absolute Gasteiger partial charge is 0.390 e. The average Bonchev–Trinajstić information content (AvgIpc) is 3.03. The molecule has 4 unspecified atom stereocenters. The van der Waals surface area contributed by atoms with E-state index in [9.17, 15) is 5.11 Å². The maximum Gasteiger partial charge on any atom is 0.229 e. The van der Waals surface area contributed by atoms with E-state index in [1.54, 1.807) is 7.11 Å². The van der Waals surface area contributed by atoms with Gasteiger partial charge in [-0.2, -0.15) is 4.98 Å². The fourth-order valence-corrected chi connectivity index (χ4v) is 3.52. The molecule has 5 heteroatoms. The maximum absolute atomic E-state index is 9.63. The van der Waals surface area contributed by atoms with Crippen molar-refractivity contribution in [2.75, 3.05) is 13.7 Å². The van der Waals surface area contributed by atoms with Crippen molar-refractivity contribution in [1.29, 1.82) is 0 Å². The highest BCUT2D eigenvalue weighted by Crippen LogP contribution is 2.52. The van der Waals surface area contributed by atoms with Crippen molar-refractivity contribution in [1.82, 2.24) is 10.1 Å². The number of methoxy groups -OCH3 is 1. The summed E-state index contributed by atoms with van der Waals surface area (Å²) in [6, 6.07) is 0. The predicted octanol–water partition coefficient (Wildman–Crippen LogP) is 1.52. The van der Waals surface area contributed by atoms with Crippen LogP contribution in [0.3, 0.4) is 0 Å². The third-order valence-electron chi connectivity index (χ3n) is 4.32. The van der Waals surface area contributed by atoms with Crippen LogP contribution in [0, 0.1) is 11.8 Å². The Labute approximate surface area is 107 Å². The molecular weight excluding hydrogens is 232 g/mol. The zero-order valence-corrected chi connectivity index (χ0v) is 10.7. The van der Waals surface area contributed by atoms with Crippen molar-refractivity contribution in [2.45, 2.75) is 44.1 Å². The smallest absolute Gasteiger partial charge is 0.229 e. The zero-order valence-electron chi connectivity index (χ0n) is 10.7. The van der Waals surface area contributed by atoms with Crippen LogP contribution < -0.4 is 0 Å². The second-order valence-corrected chi connectivity index (χ2v) is 5.64. The molecule has 0 radical (unpaired) electrons. The van der Waals surface area contributed by atoms with Crippen LogP contribution in [0.5, 0.6) is 0 Å². The van der Waals surface area contributed by atoms with E-state index in [-0.39, 0.29) is 0 Å². The number of hydrogen-bond donors (Lipinski definition) is 1. The van der Waals surface area contributed by atoms with E-state index in [0.29, 0.717) is 24.8 Å². The highest BCUT2D eigenvalue weighted by atomic mass is 16.5. The lowest BCUT2D eigenvalue weighted by molar-refractivity contribution is 0.0599. The minimum Gasteiger partial charge on any atom is -0.390 e. The molecule has 3 rings (SSSR count). The van der Waals surface area contributed by atoms with Crippen LogP contribution in [0.4, 0.5) is 0 Å². The van der Waals surface area contributed by atoms with Gasteiger partial charge in [0.1, 0.15) is 0 Å². The van der Waals surface area contributed by atoms with Crippen molar-refractivity contribution >= 4 is 0 Å². The lowest BCUT2D eigenvalue weighted by Gasteiger charge is -2.17. The molecule has 1 N–H and O–H groups in total. The standard InChI is InChI=1S/C13H20N2O3/c1-17-7-10(16)6-12-14-13(15-18-12)11-5-8-2-3-9(11)4-8/h8-11,16H,2-7H2,1H3. The predicted molar refractivity (Wildman–Crippen MR) is 64.1 cm³/mol. The Morgan fingerprint density at radius 1 is 1.44 bits per heavy atom. The Kier molecular flexibility index (Phi) is 3.35. The van der Waals surface area contributed by atoms with E-state index in [1.165, 1.54) is 25.7 Å². The molecule has 1 aromatic rings. The summed E-state index contributed by atoms with van der Waals surface area (Å²) in [5.41, 5.74) is 0. The number of hydrogen-bond acceptors (Lipinski definition) is 5. The van der Waals surface area contributed by atoms with Crippen LogP contribution in [0.2, 0.25) is 0 Å². The van der Waals surface area contributed by atoms with Gasteiger partial charge in [-0.05, 0) is 31.1 Å². The number of rotatable bonds is 5. The van der Waals surface area contributed by atoms with Gasteiger partial charge in [0.05, 0.1) is 19.1 Å². The van der Waals surface area contributed by atoms with Crippen LogP contribution in [-0.2, 0) is 11.2 Å². The fourth-order valence-electron chi connectivity index (χ4n) is 3.52. The first-order valence-electron chi connectivity index (χ1n) is 6.75. The van der Waals surface area contributed by atoms with Crippen molar-refractivity contribution in [3.8, 4) is 0 Å². The summed E-state index contributed by atoms with van der Waals surface area (Å²) in [5, 5.41) is 13.7. The van der Waals surface area contributed by atoms with Crippen LogP contribution in [-0.4, -0.2) is 35.1 Å². The van der Waals surface area contributed by atoms with Gasteiger partial charge in [-0.25, -0.2) is 0 Å². The number of aliphatic hydroxyl groups excluding tert-OH is 1. The molecule has 0 saturated heterocycles. The minimum absolute atomic E-state index is 0.297. The van der Waals surface area contributed by atoms with Gasteiger partial charge in [0.15, 0.2) is 5.82 Å². The molecule has 0 amide bonds. The second-order valence-electron chi connectivity index (χ2n) is 5.64. The molecule has 0 spiro atoms. The Morgan fingerprint density at radius 3 is 3.00 bits per heavy atom. The lowest BCUT2D eigenvalue weighted by atomic mass is 9.88. The van der Waals surface area contributed by atoms with E-state index in [0.717, 1.165) is 17.7 Å². The zero-order chi connectivity index (χ0) is 12.5. The van der Waals surface area contributed by atoms with Crippen LogP contribution in [0.15, 0.2) is 4.52 Å². The molecule has 4 atom stereocenters. The minimum atomic E-state index is -0.566. The number of ether oxygens (including phenoxy) is 1. The van der Waals surface area contributed by atoms with Crippen molar-refractivity contribution in [3.05, 3.63) is 11.7 Å². The van der Waals surface area contributed by atoms with Gasteiger partial charge in [0.2, 0.25) is 5.89 Å². The third kappa shape index (κ3) is 2.29. The van der Waals surface area contributed by atoms with Crippen molar-refractivity contribution in [3.63, 3.8) is 0 Å². The molecule has 2 saturated carbocycles. The van der Waals surface area contributed by atoms with Gasteiger partial charge >= 0.3 is 0 Å². The van der Waals surface area contributed by atoms with Crippen molar-refractivity contribution < 1.29 is 14.4 Å². The van der Waals surface area contributed by atoms with E-state index in [4.69, 9.17) is 9.26 Å². The lowest BCUT2D eigenvalue weighted by Crippen LogP contribution is -2.17. The Balaban J connectivity index is 1.63. The SMILES string of the molecule is COCC(O)Cc1nc(C2CC3CCC2C3)no1. The van der Waals surface area contributed by atoms with E-state index in [1.807, 2.05) is 0 Å². The molecule has 2 fully saturated rings. The maximum atomic E-state index is 9.63. The second kappa shape index (κ2) is 4.97. The molecular formula is C13H20N2O3. The number of fused-ring (bicyclic) bond motifs is 2. The number of aromatic nitrogens is 2. The molecule has 0 aliphatic heterocycles. The summed E-state index contributed by atoms with van der Waals surface area (Å²) in [5.74, 6) is 3.49. The molecule has 0 aromatic carbocycles. The summed E-state index contributed by atoms with van der Waals surface area (Å²) in [4.78, 5) is 4.44. The molecule has 100 valence electrons. The highest BCUT2D eigenvalue weighted by molar-refractivity contribution is 5.06. The average molecular weight is 252 g/mol. The van der Waals surface area contributed by atoms with Gasteiger partial charge in [0, 0.05) is 13.0 Å². The van der Waals surface area contributed by atoms with Gasteiger partial charge in [-0.3, -0.25) is 0 Å². The first-order chi connectivity index (χ1) is 8.76. The first-order valence-corrected chi connectivity index (χ1v) is 6.75. The molecule has 18 heavy (non-hydrogen) atoms. The van der Waals surface area contributed by atoms with E-state index >= 15 is 0 Å². The van der Waals surface area contributed by atoms with Gasteiger partial charge in [0.25, 0.3) is 0 Å². The van der Waals surface area contributed by atoms with Crippen LogP contribution >= 0.6 is 0 Å². The van der Waals surface area contributed by atoms with Crippen molar-refractivity contribution in [2.24, 2.45) is 11.8 Å². The van der Waals surface area contributed by atoms with Gasteiger partial charge < -0.3 is 14.4 Å². The van der Waals surface area contributed by atoms with Gasteiger partial charge in [-0.15, -0.1) is 0 Å². The molecule has 1 heterocycles. The monoisotopic (exact) mass is 252 g/mol. The quantitative estimate of drug-likeness (QED) is 0.860. The highest BCUT2D eigenvalue weighted by Gasteiger charge is 2.42. The van der Waals surface area contributed by atoms with E-state index in [2.05, 4.69) is 10.1 Å². The summed E-state index contributed by atoms with van der Waals surface area (Å²) in [6.45, 7) is 0.297. The Morgan fingerprint density at radius 2 is 2.33 bits per heavy atom. The summed E-state index contributed by atoms with van der Waals surface area (Å²) < 4.78 is 10.1. The third-order valence-corrected chi connectivity index (χ3v) is 4.32. The normalized spacial score (nSPS) is 32.0. The molecule has 2 bridgehead atoms. The van der Waals surface area contributed by atoms with E-state index < -0.39 is 6.10 Å². The summed E-state index contributed by atoms with van der Waals surface area (Å²) >= 11 is 0. The van der Waals surface area contributed by atoms with Gasteiger partial charge in [-0.1, -0.05) is 11.6 Å². The number of nitrogens with zero attached hydrogens (tertiary/aromatic N) is 2. The topological polar surface area (TPSA) is 68.4 Å². The summed E-state index contributed by atoms with van der Waals surface area (Å²) in [6.07, 6.45) is 5.04. The fraction of sp³-hybridized carbons (Fsp3) is 0.846. The first kappa shape index (κ1) is 12.1. The number of aliphatic hydroxyl groups is 1. The molecule has 1 aromatic heterocycles. The van der Waals surface area contributed by atoms with Crippen LogP contribution in [0.25, 0.3) is 0 Å². The Bertz CT molecular complexity index is 407. The molecule has 2 aliphatic rings. The Hall–Kier alpha value is -0.940. The molecule has 5 nitrogen and oxygen atoms in total. The summed E-state index contributed by atoms with van der Waals surface area (Å²) in [7, 11) is 1.57.